The molecule has 3 nitrogen and oxygen atoms in total. The summed E-state index contributed by atoms with van der Waals surface area (Å²) in [7, 11) is 0. The maximum absolute atomic E-state index is 11.9. The predicted octanol–water partition coefficient (Wildman–Crippen LogP) is 3.40. The molecule has 0 bridgehead atoms. The van der Waals surface area contributed by atoms with Crippen LogP contribution in [0.2, 0.25) is 0 Å². The van der Waals surface area contributed by atoms with Crippen LogP contribution in [0.1, 0.15) is 37.7 Å². The third kappa shape index (κ3) is 4.32. The van der Waals surface area contributed by atoms with Crippen LogP contribution in [0.3, 0.4) is 0 Å². The summed E-state index contributed by atoms with van der Waals surface area (Å²) in [6, 6.07) is 7.28. The minimum atomic E-state index is -0.465. The van der Waals surface area contributed by atoms with Crippen molar-refractivity contribution in [2.75, 3.05) is 0 Å². The van der Waals surface area contributed by atoms with Gasteiger partial charge in [0, 0.05) is 4.47 Å². The van der Waals surface area contributed by atoms with Crippen molar-refractivity contribution in [2.24, 2.45) is 11.7 Å². The van der Waals surface area contributed by atoms with Crippen molar-refractivity contribution in [1.29, 1.82) is 0 Å². The van der Waals surface area contributed by atoms with Gasteiger partial charge < -0.3 is 10.5 Å². The second kappa shape index (κ2) is 7.06. The van der Waals surface area contributed by atoms with Gasteiger partial charge in [-0.15, -0.1) is 0 Å². The van der Waals surface area contributed by atoms with Gasteiger partial charge >= 0.3 is 5.97 Å². The van der Waals surface area contributed by atoms with Crippen LogP contribution in [0.5, 0.6) is 0 Å². The van der Waals surface area contributed by atoms with Gasteiger partial charge in [-0.25, -0.2) is 0 Å². The lowest BCUT2D eigenvalue weighted by Crippen LogP contribution is -2.40. The zero-order chi connectivity index (χ0) is 13.7. The lowest BCUT2D eigenvalue weighted by atomic mass is 9.84. The van der Waals surface area contributed by atoms with Crippen molar-refractivity contribution in [3.8, 4) is 0 Å². The molecule has 104 valence electrons. The van der Waals surface area contributed by atoms with Crippen LogP contribution in [0, 0.1) is 5.92 Å². The SMILES string of the molecule is NC(C(=O)OCc1cccc(Br)c1)C1CCCCC1. The van der Waals surface area contributed by atoms with E-state index in [1.165, 1.54) is 19.3 Å². The van der Waals surface area contributed by atoms with E-state index >= 15 is 0 Å². The molecule has 0 spiro atoms. The van der Waals surface area contributed by atoms with E-state index in [4.69, 9.17) is 10.5 Å². The lowest BCUT2D eigenvalue weighted by Gasteiger charge is -2.25. The molecule has 1 fully saturated rings. The van der Waals surface area contributed by atoms with Gasteiger partial charge in [0.25, 0.3) is 0 Å². The fraction of sp³-hybridized carbons (Fsp3) is 0.533. The monoisotopic (exact) mass is 325 g/mol. The maximum atomic E-state index is 11.9. The van der Waals surface area contributed by atoms with E-state index in [9.17, 15) is 4.79 Å². The van der Waals surface area contributed by atoms with Gasteiger partial charge in [0.05, 0.1) is 0 Å². The first-order chi connectivity index (χ1) is 9.16. The van der Waals surface area contributed by atoms with Crippen molar-refractivity contribution in [2.45, 2.75) is 44.8 Å². The van der Waals surface area contributed by atoms with Gasteiger partial charge in [-0.1, -0.05) is 47.3 Å². The molecule has 0 aromatic heterocycles. The Morgan fingerprint density at radius 2 is 2.11 bits per heavy atom. The van der Waals surface area contributed by atoms with Gasteiger partial charge in [0.2, 0.25) is 0 Å². The van der Waals surface area contributed by atoms with Crippen molar-refractivity contribution in [3.63, 3.8) is 0 Å². The number of ether oxygens (including phenoxy) is 1. The number of esters is 1. The van der Waals surface area contributed by atoms with Crippen molar-refractivity contribution in [3.05, 3.63) is 34.3 Å². The molecule has 0 radical (unpaired) electrons. The van der Waals surface area contributed by atoms with Gasteiger partial charge in [-0.3, -0.25) is 4.79 Å². The molecule has 1 saturated carbocycles. The third-order valence-electron chi connectivity index (χ3n) is 3.70. The molecule has 1 aromatic carbocycles. The summed E-state index contributed by atoms with van der Waals surface area (Å²) in [5.41, 5.74) is 6.97. The highest BCUT2D eigenvalue weighted by Gasteiger charge is 2.27. The first-order valence-electron chi connectivity index (χ1n) is 6.83. The summed E-state index contributed by atoms with van der Waals surface area (Å²) in [5, 5.41) is 0. The van der Waals surface area contributed by atoms with Crippen molar-refractivity contribution < 1.29 is 9.53 Å². The number of carbonyl (C=O) groups is 1. The maximum Gasteiger partial charge on any atom is 0.323 e. The van der Waals surface area contributed by atoms with E-state index in [0.29, 0.717) is 12.5 Å². The Labute approximate surface area is 122 Å². The van der Waals surface area contributed by atoms with Crippen molar-refractivity contribution in [1.82, 2.24) is 0 Å². The van der Waals surface area contributed by atoms with Crippen LogP contribution in [0.25, 0.3) is 0 Å². The molecule has 1 aromatic rings. The Bertz CT molecular complexity index is 430. The van der Waals surface area contributed by atoms with Crippen LogP contribution in [-0.2, 0) is 16.1 Å². The van der Waals surface area contributed by atoms with Crippen LogP contribution in [0.4, 0.5) is 0 Å². The van der Waals surface area contributed by atoms with Gasteiger partial charge in [0.15, 0.2) is 0 Å². The summed E-state index contributed by atoms with van der Waals surface area (Å²) in [6.45, 7) is 0.290. The van der Waals surface area contributed by atoms with E-state index in [0.717, 1.165) is 22.9 Å². The summed E-state index contributed by atoms with van der Waals surface area (Å²) in [5.74, 6) is 0.0237. The van der Waals surface area contributed by atoms with Gasteiger partial charge in [-0.2, -0.15) is 0 Å². The standard InChI is InChI=1S/C15H20BrNO2/c16-13-8-4-5-11(9-13)10-19-15(18)14(17)12-6-2-1-3-7-12/h4-5,8-9,12,14H,1-3,6-7,10,17H2. The molecule has 1 unspecified atom stereocenters. The molecule has 2 rings (SSSR count). The Morgan fingerprint density at radius 3 is 2.79 bits per heavy atom. The zero-order valence-corrected chi connectivity index (χ0v) is 12.6. The first kappa shape index (κ1) is 14.5. The fourth-order valence-electron chi connectivity index (χ4n) is 2.56. The summed E-state index contributed by atoms with van der Waals surface area (Å²) in [6.07, 6.45) is 5.71. The average Bonchev–Trinajstić information content (AvgIpc) is 2.45. The molecule has 0 amide bonds. The molecular weight excluding hydrogens is 306 g/mol. The Morgan fingerprint density at radius 1 is 1.37 bits per heavy atom. The van der Waals surface area contributed by atoms with E-state index < -0.39 is 6.04 Å². The number of rotatable bonds is 4. The fourth-order valence-corrected chi connectivity index (χ4v) is 3.01. The molecule has 1 aliphatic carbocycles. The largest absolute Gasteiger partial charge is 0.460 e. The molecule has 19 heavy (non-hydrogen) atoms. The number of halogens is 1. The minimum absolute atomic E-state index is 0.271. The second-order valence-corrected chi connectivity index (χ2v) is 6.08. The molecule has 4 heteroatoms. The highest BCUT2D eigenvalue weighted by atomic mass is 79.9. The molecule has 1 atom stereocenters. The number of benzene rings is 1. The van der Waals surface area contributed by atoms with Crippen LogP contribution >= 0.6 is 15.9 Å². The Kier molecular flexibility index (Phi) is 5.40. The van der Waals surface area contributed by atoms with E-state index in [2.05, 4.69) is 15.9 Å². The number of nitrogens with two attached hydrogens (primary N) is 1. The van der Waals surface area contributed by atoms with Crippen LogP contribution < -0.4 is 5.73 Å². The topological polar surface area (TPSA) is 52.3 Å². The van der Waals surface area contributed by atoms with Gasteiger partial charge in [0.1, 0.15) is 12.6 Å². The highest BCUT2D eigenvalue weighted by Crippen LogP contribution is 2.26. The van der Waals surface area contributed by atoms with E-state index in [1.807, 2.05) is 24.3 Å². The summed E-state index contributed by atoms with van der Waals surface area (Å²) < 4.78 is 6.30. The average molecular weight is 326 g/mol. The zero-order valence-electron chi connectivity index (χ0n) is 11.0. The Hall–Kier alpha value is -0.870. The normalized spacial score (nSPS) is 18.0. The molecule has 0 heterocycles. The third-order valence-corrected chi connectivity index (χ3v) is 4.19. The van der Waals surface area contributed by atoms with Crippen LogP contribution in [0.15, 0.2) is 28.7 Å². The first-order valence-corrected chi connectivity index (χ1v) is 7.63. The quantitative estimate of drug-likeness (QED) is 0.863. The Balaban J connectivity index is 1.83. The summed E-state index contributed by atoms with van der Waals surface area (Å²) >= 11 is 3.40. The molecule has 2 N–H and O–H groups in total. The molecular formula is C15H20BrNO2. The molecule has 1 aliphatic rings. The number of hydrogen-bond donors (Lipinski definition) is 1. The smallest absolute Gasteiger partial charge is 0.323 e. The summed E-state index contributed by atoms with van der Waals surface area (Å²) in [4.78, 5) is 11.9. The van der Waals surface area contributed by atoms with Gasteiger partial charge in [-0.05, 0) is 36.5 Å². The molecule has 0 saturated heterocycles. The highest BCUT2D eigenvalue weighted by molar-refractivity contribution is 9.10. The predicted molar refractivity (Wildman–Crippen MR) is 78.5 cm³/mol. The molecule has 0 aliphatic heterocycles. The number of hydrogen-bond acceptors (Lipinski definition) is 3. The second-order valence-electron chi connectivity index (χ2n) is 5.16. The minimum Gasteiger partial charge on any atom is -0.460 e. The van der Waals surface area contributed by atoms with Crippen LogP contribution in [-0.4, -0.2) is 12.0 Å². The van der Waals surface area contributed by atoms with E-state index in [-0.39, 0.29) is 5.97 Å². The lowest BCUT2D eigenvalue weighted by molar-refractivity contribution is -0.148. The van der Waals surface area contributed by atoms with Crippen molar-refractivity contribution >= 4 is 21.9 Å². The van der Waals surface area contributed by atoms with E-state index in [1.54, 1.807) is 0 Å². The number of carbonyl (C=O) groups excluding carboxylic acids is 1.